The molecule has 72 valence electrons. The average molecular weight is 188 g/mol. The van der Waals surface area contributed by atoms with E-state index in [0.29, 0.717) is 11.7 Å². The molecule has 2 heteroatoms. The van der Waals surface area contributed by atoms with Crippen LogP contribution in [0, 0.1) is 6.92 Å². The van der Waals surface area contributed by atoms with Crippen molar-refractivity contribution in [2.45, 2.75) is 25.7 Å². The summed E-state index contributed by atoms with van der Waals surface area (Å²) < 4.78 is 5.50. The molecule has 0 radical (unpaired) electrons. The van der Waals surface area contributed by atoms with Crippen molar-refractivity contribution >= 4 is 11.0 Å². The fraction of sp³-hybridized carbons (Fsp3) is 0.333. The van der Waals surface area contributed by atoms with E-state index in [9.17, 15) is 5.11 Å². The molecule has 2 aromatic rings. The van der Waals surface area contributed by atoms with E-state index >= 15 is 0 Å². The number of fused-ring (bicyclic) bond motifs is 1. The largest absolute Gasteiger partial charge is 0.508 e. The van der Waals surface area contributed by atoms with Crippen molar-refractivity contribution < 1.29 is 9.52 Å². The van der Waals surface area contributed by atoms with Gasteiger partial charge in [-0.25, -0.2) is 0 Å². The van der Waals surface area contributed by atoms with Crippen molar-refractivity contribution in [3.8, 4) is 5.75 Å². The normalized spacial score (nSPS) is 16.4. The van der Waals surface area contributed by atoms with Crippen LogP contribution in [-0.4, -0.2) is 5.11 Å². The van der Waals surface area contributed by atoms with Gasteiger partial charge in [0.25, 0.3) is 0 Å². The van der Waals surface area contributed by atoms with Gasteiger partial charge in [0.2, 0.25) is 0 Å². The highest BCUT2D eigenvalue weighted by Gasteiger charge is 2.29. The minimum atomic E-state index is 0.384. The highest BCUT2D eigenvalue weighted by atomic mass is 16.3. The van der Waals surface area contributed by atoms with Gasteiger partial charge in [-0.15, -0.1) is 0 Å². The zero-order chi connectivity index (χ0) is 9.71. The molecule has 0 amide bonds. The quantitative estimate of drug-likeness (QED) is 0.744. The Morgan fingerprint density at radius 2 is 2.14 bits per heavy atom. The highest BCUT2D eigenvalue weighted by Crippen LogP contribution is 2.47. The fourth-order valence-corrected chi connectivity index (χ4v) is 2.00. The summed E-state index contributed by atoms with van der Waals surface area (Å²) >= 11 is 0. The van der Waals surface area contributed by atoms with E-state index in [-0.39, 0.29) is 0 Å². The Hall–Kier alpha value is -1.44. The molecular formula is C12H12O2. The summed E-state index contributed by atoms with van der Waals surface area (Å²) in [5, 5.41) is 10.9. The molecule has 1 aliphatic rings. The Balaban J connectivity index is 2.37. The summed E-state index contributed by atoms with van der Waals surface area (Å²) in [5.74, 6) is 0.901. The number of phenolic OH excluding ortho intramolecular Hbond substituents is 1. The lowest BCUT2D eigenvalue weighted by atomic mass is 10.1. The first kappa shape index (κ1) is 7.92. The zero-order valence-electron chi connectivity index (χ0n) is 8.08. The molecule has 1 heterocycles. The van der Waals surface area contributed by atoms with Gasteiger partial charge >= 0.3 is 0 Å². The molecule has 1 aliphatic carbocycles. The second kappa shape index (κ2) is 2.53. The van der Waals surface area contributed by atoms with Gasteiger partial charge in [0.15, 0.2) is 0 Å². The molecule has 3 rings (SSSR count). The molecule has 0 saturated heterocycles. The van der Waals surface area contributed by atoms with Crippen LogP contribution in [0.1, 0.15) is 29.9 Å². The van der Waals surface area contributed by atoms with Gasteiger partial charge in [0.1, 0.15) is 11.3 Å². The van der Waals surface area contributed by atoms with E-state index in [1.165, 1.54) is 12.8 Å². The van der Waals surface area contributed by atoms with Crippen molar-refractivity contribution in [3.05, 3.63) is 29.5 Å². The van der Waals surface area contributed by atoms with Crippen molar-refractivity contribution in [1.82, 2.24) is 0 Å². The van der Waals surface area contributed by atoms with Gasteiger partial charge in [-0.2, -0.15) is 0 Å². The first-order valence-corrected chi connectivity index (χ1v) is 4.97. The predicted octanol–water partition coefficient (Wildman–Crippen LogP) is 3.32. The van der Waals surface area contributed by atoms with Gasteiger partial charge in [-0.3, -0.25) is 0 Å². The molecule has 0 aliphatic heterocycles. The van der Waals surface area contributed by atoms with E-state index in [0.717, 1.165) is 22.1 Å². The van der Waals surface area contributed by atoms with Crippen LogP contribution in [0.2, 0.25) is 0 Å². The van der Waals surface area contributed by atoms with Gasteiger partial charge in [-0.05, 0) is 43.4 Å². The van der Waals surface area contributed by atoms with E-state index in [2.05, 4.69) is 0 Å². The standard InChI is InChI=1S/C12H12O2/c1-7-6-14-12-9(7)4-5-10(13)11(12)8-2-3-8/h4-6,8,13H,2-3H2,1H3. The smallest absolute Gasteiger partial charge is 0.141 e. The Bertz CT molecular complexity index is 492. The summed E-state index contributed by atoms with van der Waals surface area (Å²) in [6.07, 6.45) is 4.11. The van der Waals surface area contributed by atoms with Gasteiger partial charge in [0.05, 0.1) is 6.26 Å². The second-order valence-electron chi connectivity index (χ2n) is 4.07. The molecule has 0 bridgehead atoms. The average Bonchev–Trinajstić information content (AvgIpc) is 2.92. The second-order valence-corrected chi connectivity index (χ2v) is 4.07. The van der Waals surface area contributed by atoms with Crippen LogP contribution in [0.25, 0.3) is 11.0 Å². The van der Waals surface area contributed by atoms with Crippen molar-refractivity contribution in [2.75, 3.05) is 0 Å². The first-order valence-electron chi connectivity index (χ1n) is 4.97. The van der Waals surface area contributed by atoms with Crippen LogP contribution in [0.15, 0.2) is 22.8 Å². The number of benzene rings is 1. The van der Waals surface area contributed by atoms with Crippen molar-refractivity contribution in [3.63, 3.8) is 0 Å². The van der Waals surface area contributed by atoms with Crippen LogP contribution in [-0.2, 0) is 0 Å². The molecule has 1 aromatic carbocycles. The van der Waals surface area contributed by atoms with E-state index in [4.69, 9.17) is 4.42 Å². The third kappa shape index (κ3) is 0.969. The third-order valence-electron chi connectivity index (χ3n) is 2.94. The summed E-state index contributed by atoms with van der Waals surface area (Å²) in [6.45, 7) is 2.03. The molecule has 14 heavy (non-hydrogen) atoms. The fourth-order valence-electron chi connectivity index (χ4n) is 2.00. The number of aryl methyl sites for hydroxylation is 1. The molecule has 1 aromatic heterocycles. The summed E-state index contributed by atoms with van der Waals surface area (Å²) in [7, 11) is 0. The first-order chi connectivity index (χ1) is 6.77. The SMILES string of the molecule is Cc1coc2c(C3CC3)c(O)ccc12. The van der Waals surface area contributed by atoms with E-state index in [1.807, 2.05) is 13.0 Å². The number of rotatable bonds is 1. The highest BCUT2D eigenvalue weighted by molar-refractivity contribution is 5.86. The number of hydrogen-bond acceptors (Lipinski definition) is 2. The molecular weight excluding hydrogens is 176 g/mol. The Kier molecular flexibility index (Phi) is 1.43. The topological polar surface area (TPSA) is 33.4 Å². The molecule has 0 unspecified atom stereocenters. The van der Waals surface area contributed by atoms with Crippen LogP contribution in [0.4, 0.5) is 0 Å². The number of hydrogen-bond donors (Lipinski definition) is 1. The summed E-state index contributed by atoms with van der Waals surface area (Å²) in [5.41, 5.74) is 3.03. The maximum atomic E-state index is 9.77. The number of furan rings is 1. The van der Waals surface area contributed by atoms with Crippen LogP contribution < -0.4 is 0 Å². The van der Waals surface area contributed by atoms with Gasteiger partial charge < -0.3 is 9.52 Å². The van der Waals surface area contributed by atoms with Crippen molar-refractivity contribution in [2.24, 2.45) is 0 Å². The minimum absolute atomic E-state index is 0.384. The van der Waals surface area contributed by atoms with E-state index < -0.39 is 0 Å². The number of aromatic hydroxyl groups is 1. The lowest BCUT2D eigenvalue weighted by molar-refractivity contribution is 0.467. The maximum absolute atomic E-state index is 9.77. The molecule has 1 N–H and O–H groups in total. The lowest BCUT2D eigenvalue weighted by Gasteiger charge is -2.02. The maximum Gasteiger partial charge on any atom is 0.141 e. The molecule has 0 spiro atoms. The zero-order valence-corrected chi connectivity index (χ0v) is 8.08. The van der Waals surface area contributed by atoms with Crippen LogP contribution in [0.5, 0.6) is 5.75 Å². The summed E-state index contributed by atoms with van der Waals surface area (Å²) in [6, 6.07) is 3.70. The molecule has 1 saturated carbocycles. The lowest BCUT2D eigenvalue weighted by Crippen LogP contribution is -1.82. The van der Waals surface area contributed by atoms with Gasteiger partial charge in [-0.1, -0.05) is 0 Å². The molecule has 2 nitrogen and oxygen atoms in total. The summed E-state index contributed by atoms with van der Waals surface area (Å²) in [4.78, 5) is 0. The third-order valence-corrected chi connectivity index (χ3v) is 2.94. The predicted molar refractivity (Wildman–Crippen MR) is 54.6 cm³/mol. The Morgan fingerprint density at radius 3 is 2.86 bits per heavy atom. The van der Waals surface area contributed by atoms with Crippen LogP contribution in [0.3, 0.4) is 0 Å². The van der Waals surface area contributed by atoms with Gasteiger partial charge in [0, 0.05) is 10.9 Å². The monoisotopic (exact) mass is 188 g/mol. The molecule has 1 fully saturated rings. The minimum Gasteiger partial charge on any atom is -0.508 e. The Morgan fingerprint density at radius 1 is 1.36 bits per heavy atom. The number of phenols is 1. The molecule has 0 atom stereocenters. The van der Waals surface area contributed by atoms with Crippen LogP contribution >= 0.6 is 0 Å². The van der Waals surface area contributed by atoms with Crippen molar-refractivity contribution in [1.29, 1.82) is 0 Å². The Labute approximate surface area is 82.2 Å². The van der Waals surface area contributed by atoms with E-state index in [1.54, 1.807) is 12.3 Å².